The van der Waals surface area contributed by atoms with Gasteiger partial charge in [-0.05, 0) is 27.3 Å². The van der Waals surface area contributed by atoms with Crippen molar-refractivity contribution in [2.45, 2.75) is 31.8 Å². The van der Waals surface area contributed by atoms with Gasteiger partial charge in [0.25, 0.3) is 0 Å². The molecule has 1 aromatic rings. The number of carboxylic acids is 1. The molecule has 0 aliphatic rings. The molecule has 0 bridgehead atoms. The summed E-state index contributed by atoms with van der Waals surface area (Å²) in [6, 6.07) is 0.0982. The maximum atomic E-state index is 11.1. The Balaban J connectivity index is 2.72. The van der Waals surface area contributed by atoms with E-state index in [9.17, 15) is 4.79 Å². The Bertz CT molecular complexity index is 323. The van der Waals surface area contributed by atoms with Crippen LogP contribution in [0.2, 0.25) is 0 Å². The minimum absolute atomic E-state index is 0.0982. The van der Waals surface area contributed by atoms with Gasteiger partial charge in [0.1, 0.15) is 5.54 Å². The number of carboxylic acid groups (broad SMARTS) is 1. The van der Waals surface area contributed by atoms with E-state index in [1.54, 1.807) is 26.5 Å². The van der Waals surface area contributed by atoms with E-state index in [4.69, 9.17) is 5.11 Å². The zero-order valence-corrected chi connectivity index (χ0v) is 9.27. The first-order chi connectivity index (χ1) is 6.99. The minimum atomic E-state index is -0.899. The molecule has 2 unspecified atom stereocenters. The van der Waals surface area contributed by atoms with Gasteiger partial charge >= 0.3 is 5.97 Å². The molecule has 2 atom stereocenters. The molecule has 5 nitrogen and oxygen atoms in total. The zero-order chi connectivity index (χ0) is 11.5. The molecule has 1 heterocycles. The monoisotopic (exact) mass is 211 g/mol. The molecule has 0 amide bonds. The predicted octanol–water partition coefficient (Wildman–Crippen LogP) is 0.897. The van der Waals surface area contributed by atoms with Crippen LogP contribution in [0, 0.1) is 0 Å². The summed E-state index contributed by atoms with van der Waals surface area (Å²) in [7, 11) is 1.66. The number of carbonyl (C=O) groups is 1. The molecule has 0 saturated carbocycles. The number of hydrogen-bond acceptors (Lipinski definition) is 3. The lowest BCUT2D eigenvalue weighted by Crippen LogP contribution is -2.48. The molecule has 0 aromatic carbocycles. The van der Waals surface area contributed by atoms with Crippen LogP contribution in [0.4, 0.5) is 0 Å². The number of hydrogen-bond donors (Lipinski definition) is 2. The summed E-state index contributed by atoms with van der Waals surface area (Å²) in [5, 5.41) is 11.9. The van der Waals surface area contributed by atoms with Gasteiger partial charge in [-0.3, -0.25) is 4.79 Å². The summed E-state index contributed by atoms with van der Waals surface area (Å²) >= 11 is 0. The lowest BCUT2D eigenvalue weighted by atomic mass is 9.94. The van der Waals surface area contributed by atoms with Crippen molar-refractivity contribution >= 4 is 5.97 Å². The summed E-state index contributed by atoms with van der Waals surface area (Å²) in [6.07, 6.45) is 5.73. The fraction of sp³-hybridized carbons (Fsp3) is 0.600. The van der Waals surface area contributed by atoms with E-state index in [2.05, 4.69) is 10.3 Å². The maximum absolute atomic E-state index is 11.1. The van der Waals surface area contributed by atoms with Crippen LogP contribution >= 0.6 is 0 Å². The molecule has 0 fully saturated rings. The molecular formula is C10H17N3O2. The van der Waals surface area contributed by atoms with Crippen molar-refractivity contribution in [3.05, 3.63) is 18.7 Å². The smallest absolute Gasteiger partial charge is 0.323 e. The van der Waals surface area contributed by atoms with E-state index in [1.807, 2.05) is 17.7 Å². The van der Waals surface area contributed by atoms with E-state index in [1.165, 1.54) is 0 Å². The summed E-state index contributed by atoms with van der Waals surface area (Å²) in [6.45, 7) is 3.66. The first kappa shape index (κ1) is 11.7. The molecule has 1 aromatic heterocycles. The van der Waals surface area contributed by atoms with E-state index >= 15 is 0 Å². The van der Waals surface area contributed by atoms with Gasteiger partial charge in [0.05, 0.1) is 6.33 Å². The number of aliphatic carboxylic acids is 1. The van der Waals surface area contributed by atoms with Crippen LogP contribution < -0.4 is 5.32 Å². The Morgan fingerprint density at radius 3 is 2.80 bits per heavy atom. The predicted molar refractivity (Wildman–Crippen MR) is 56.7 cm³/mol. The van der Waals surface area contributed by atoms with Gasteiger partial charge < -0.3 is 15.0 Å². The van der Waals surface area contributed by atoms with E-state index < -0.39 is 11.5 Å². The summed E-state index contributed by atoms with van der Waals surface area (Å²) in [4.78, 5) is 15.0. The van der Waals surface area contributed by atoms with Gasteiger partial charge in [0.15, 0.2) is 0 Å². The lowest BCUT2D eigenvalue weighted by Gasteiger charge is -2.27. The van der Waals surface area contributed by atoms with E-state index in [0.29, 0.717) is 6.42 Å². The zero-order valence-electron chi connectivity index (χ0n) is 9.27. The van der Waals surface area contributed by atoms with Gasteiger partial charge in [-0.1, -0.05) is 0 Å². The number of aromatic nitrogens is 2. The van der Waals surface area contributed by atoms with Crippen molar-refractivity contribution in [1.29, 1.82) is 0 Å². The molecule has 0 saturated heterocycles. The third-order valence-electron chi connectivity index (χ3n) is 2.76. The second-order valence-corrected chi connectivity index (χ2v) is 3.95. The molecule has 84 valence electrons. The number of nitrogens with one attached hydrogen (secondary N) is 1. The van der Waals surface area contributed by atoms with Crippen molar-refractivity contribution in [2.24, 2.45) is 0 Å². The van der Waals surface area contributed by atoms with Gasteiger partial charge in [0, 0.05) is 18.4 Å². The highest BCUT2D eigenvalue weighted by Crippen LogP contribution is 2.20. The van der Waals surface area contributed by atoms with Crippen molar-refractivity contribution in [3.8, 4) is 0 Å². The largest absolute Gasteiger partial charge is 0.480 e. The Kier molecular flexibility index (Phi) is 3.47. The summed E-state index contributed by atoms with van der Waals surface area (Å²) in [5.41, 5.74) is -0.899. The SMILES string of the molecule is CNC(C)(CC(C)n1ccnc1)C(=O)O. The lowest BCUT2D eigenvalue weighted by molar-refractivity contribution is -0.144. The Hall–Kier alpha value is -1.36. The standard InChI is InChI=1S/C10H17N3O2/c1-8(13-5-4-12-7-13)6-10(2,11-3)9(14)15/h4-5,7-8,11H,6H2,1-3H3,(H,14,15). The highest BCUT2D eigenvalue weighted by Gasteiger charge is 2.33. The van der Waals surface area contributed by atoms with Crippen molar-refractivity contribution in [2.75, 3.05) is 7.05 Å². The topological polar surface area (TPSA) is 67.2 Å². The second-order valence-electron chi connectivity index (χ2n) is 3.95. The molecule has 5 heteroatoms. The van der Waals surface area contributed by atoms with E-state index in [0.717, 1.165) is 0 Å². The van der Waals surface area contributed by atoms with Crippen LogP contribution in [-0.4, -0.2) is 33.2 Å². The Labute approximate surface area is 89.1 Å². The van der Waals surface area contributed by atoms with Gasteiger partial charge in [0.2, 0.25) is 0 Å². The Morgan fingerprint density at radius 1 is 1.73 bits per heavy atom. The quantitative estimate of drug-likeness (QED) is 0.759. The van der Waals surface area contributed by atoms with Gasteiger partial charge in [-0.15, -0.1) is 0 Å². The molecule has 2 N–H and O–H groups in total. The molecule has 1 rings (SSSR count). The van der Waals surface area contributed by atoms with Crippen LogP contribution in [0.3, 0.4) is 0 Å². The molecule has 0 aliphatic heterocycles. The maximum Gasteiger partial charge on any atom is 0.323 e. The average Bonchev–Trinajstić information content (AvgIpc) is 2.70. The molecule has 0 spiro atoms. The van der Waals surface area contributed by atoms with Crippen LogP contribution in [0.15, 0.2) is 18.7 Å². The normalized spacial score (nSPS) is 17.0. The van der Waals surface area contributed by atoms with Crippen LogP contribution in [0.25, 0.3) is 0 Å². The van der Waals surface area contributed by atoms with Crippen molar-refractivity contribution < 1.29 is 9.90 Å². The number of rotatable bonds is 5. The van der Waals surface area contributed by atoms with Crippen molar-refractivity contribution in [1.82, 2.24) is 14.9 Å². The number of likely N-dealkylation sites (N-methyl/N-ethyl adjacent to an activating group) is 1. The fourth-order valence-corrected chi connectivity index (χ4v) is 1.52. The third-order valence-corrected chi connectivity index (χ3v) is 2.76. The second kappa shape index (κ2) is 4.44. The van der Waals surface area contributed by atoms with Gasteiger partial charge in [-0.2, -0.15) is 0 Å². The summed E-state index contributed by atoms with van der Waals surface area (Å²) < 4.78 is 1.90. The molecular weight excluding hydrogens is 194 g/mol. The summed E-state index contributed by atoms with van der Waals surface area (Å²) in [5.74, 6) is -0.836. The highest BCUT2D eigenvalue weighted by atomic mass is 16.4. The first-order valence-electron chi connectivity index (χ1n) is 4.89. The Morgan fingerprint density at radius 2 is 2.40 bits per heavy atom. The highest BCUT2D eigenvalue weighted by molar-refractivity contribution is 5.78. The first-order valence-corrected chi connectivity index (χ1v) is 4.89. The molecule has 0 radical (unpaired) electrons. The molecule has 15 heavy (non-hydrogen) atoms. The van der Waals surface area contributed by atoms with Gasteiger partial charge in [-0.25, -0.2) is 4.98 Å². The fourth-order valence-electron chi connectivity index (χ4n) is 1.52. The minimum Gasteiger partial charge on any atom is -0.480 e. The average molecular weight is 211 g/mol. The number of nitrogens with zero attached hydrogens (tertiary/aromatic N) is 2. The number of imidazole rings is 1. The van der Waals surface area contributed by atoms with Crippen molar-refractivity contribution in [3.63, 3.8) is 0 Å². The van der Waals surface area contributed by atoms with Crippen LogP contribution in [-0.2, 0) is 4.79 Å². The van der Waals surface area contributed by atoms with Crippen LogP contribution in [0.5, 0.6) is 0 Å². The van der Waals surface area contributed by atoms with Crippen LogP contribution in [0.1, 0.15) is 26.3 Å². The van der Waals surface area contributed by atoms with E-state index in [-0.39, 0.29) is 6.04 Å². The molecule has 0 aliphatic carbocycles. The third kappa shape index (κ3) is 2.56.